The molecule has 1 N–H and O–H groups in total. The van der Waals surface area contributed by atoms with Crippen LogP contribution in [0, 0.1) is 6.92 Å². The summed E-state index contributed by atoms with van der Waals surface area (Å²) in [7, 11) is 1.33. The van der Waals surface area contributed by atoms with Gasteiger partial charge in [-0.05, 0) is 36.8 Å². The van der Waals surface area contributed by atoms with Crippen LogP contribution in [-0.4, -0.2) is 34.8 Å². The minimum absolute atomic E-state index is 0.130. The second-order valence-electron chi connectivity index (χ2n) is 5.64. The number of hydrogen-bond donors (Lipinski definition) is 1. The summed E-state index contributed by atoms with van der Waals surface area (Å²) < 4.78 is 6.48. The topological polar surface area (TPSA) is 85.6 Å². The molecule has 0 radical (unpaired) electrons. The lowest BCUT2D eigenvalue weighted by atomic mass is 10.1. The highest BCUT2D eigenvalue weighted by Gasteiger charge is 2.10. The van der Waals surface area contributed by atoms with Gasteiger partial charge in [-0.25, -0.2) is 15.2 Å². The van der Waals surface area contributed by atoms with Gasteiger partial charge in [0.25, 0.3) is 5.91 Å². The number of ether oxygens (including phenoxy) is 1. The van der Waals surface area contributed by atoms with Gasteiger partial charge < -0.3 is 9.30 Å². The fraction of sp³-hybridized carbons (Fsp3) is 0.158. The standard InChI is InChI=1S/C19H18N4O3/c1-13-21-16-5-3-4-6-17(16)23(13)12-18(24)22-20-11-14-7-9-15(10-8-14)19(25)26-2/h3-11H,12H2,1-2H3,(H,22,24)/b20-11-. The Hall–Kier alpha value is -3.48. The van der Waals surface area contributed by atoms with E-state index in [-0.39, 0.29) is 12.5 Å². The molecule has 0 saturated carbocycles. The first kappa shape index (κ1) is 17.3. The summed E-state index contributed by atoms with van der Waals surface area (Å²) in [6.07, 6.45) is 1.51. The number of nitrogens with zero attached hydrogens (tertiary/aromatic N) is 3. The molecule has 0 aliphatic rings. The van der Waals surface area contributed by atoms with Crippen LogP contribution in [0.15, 0.2) is 53.6 Å². The molecule has 3 rings (SSSR count). The van der Waals surface area contributed by atoms with Crippen LogP contribution in [0.25, 0.3) is 11.0 Å². The number of amides is 1. The molecule has 7 nitrogen and oxygen atoms in total. The number of esters is 1. The van der Waals surface area contributed by atoms with Crippen LogP contribution >= 0.6 is 0 Å². The third-order valence-corrected chi connectivity index (χ3v) is 3.88. The Morgan fingerprint density at radius 2 is 1.92 bits per heavy atom. The normalized spacial score (nSPS) is 11.0. The summed E-state index contributed by atoms with van der Waals surface area (Å²) in [6.45, 7) is 1.99. The number of fused-ring (bicyclic) bond motifs is 1. The third kappa shape index (κ3) is 3.77. The first-order valence-electron chi connectivity index (χ1n) is 8.00. The second-order valence-corrected chi connectivity index (χ2v) is 5.64. The van der Waals surface area contributed by atoms with E-state index < -0.39 is 5.97 Å². The predicted molar refractivity (Wildman–Crippen MR) is 98.0 cm³/mol. The molecule has 0 bridgehead atoms. The molecule has 1 amide bonds. The number of aryl methyl sites for hydroxylation is 1. The molecule has 3 aromatic rings. The molecule has 0 aliphatic heterocycles. The maximum Gasteiger partial charge on any atom is 0.337 e. The SMILES string of the molecule is COC(=O)c1ccc(/C=N\NC(=O)Cn2c(C)nc3ccccc32)cc1. The van der Waals surface area contributed by atoms with Gasteiger partial charge in [-0.15, -0.1) is 0 Å². The minimum Gasteiger partial charge on any atom is -0.465 e. The summed E-state index contributed by atoms with van der Waals surface area (Å²) in [5.41, 5.74) is 5.47. The van der Waals surface area contributed by atoms with Gasteiger partial charge in [-0.2, -0.15) is 5.10 Å². The van der Waals surface area contributed by atoms with Crippen LogP contribution in [0.3, 0.4) is 0 Å². The Morgan fingerprint density at radius 3 is 2.65 bits per heavy atom. The number of carbonyl (C=O) groups is 2. The molecule has 2 aromatic carbocycles. The zero-order chi connectivity index (χ0) is 18.5. The van der Waals surface area contributed by atoms with Gasteiger partial charge in [0.1, 0.15) is 12.4 Å². The first-order chi connectivity index (χ1) is 12.6. The Morgan fingerprint density at radius 1 is 1.19 bits per heavy atom. The molecule has 0 aliphatic carbocycles. The van der Waals surface area contributed by atoms with E-state index in [4.69, 9.17) is 0 Å². The quantitative estimate of drug-likeness (QED) is 0.435. The number of hydrogen-bond acceptors (Lipinski definition) is 5. The highest BCUT2D eigenvalue weighted by Crippen LogP contribution is 2.15. The Labute approximate surface area is 150 Å². The average molecular weight is 350 g/mol. The number of methoxy groups -OCH3 is 1. The maximum atomic E-state index is 12.1. The molecular weight excluding hydrogens is 332 g/mol. The van der Waals surface area contributed by atoms with Crippen LogP contribution in [0.1, 0.15) is 21.7 Å². The van der Waals surface area contributed by atoms with Gasteiger partial charge in [0, 0.05) is 0 Å². The van der Waals surface area contributed by atoms with Gasteiger partial charge in [0.15, 0.2) is 0 Å². The van der Waals surface area contributed by atoms with Crippen LogP contribution < -0.4 is 5.43 Å². The number of carbonyl (C=O) groups excluding carboxylic acids is 2. The van der Waals surface area contributed by atoms with Gasteiger partial charge in [0.2, 0.25) is 0 Å². The lowest BCUT2D eigenvalue weighted by molar-refractivity contribution is -0.121. The number of benzene rings is 2. The molecule has 0 fully saturated rings. The van der Waals surface area contributed by atoms with Crippen molar-refractivity contribution in [1.29, 1.82) is 0 Å². The van der Waals surface area contributed by atoms with Gasteiger partial charge in [-0.3, -0.25) is 4.79 Å². The van der Waals surface area contributed by atoms with Crippen LogP contribution in [0.5, 0.6) is 0 Å². The van der Waals surface area contributed by atoms with E-state index in [1.54, 1.807) is 24.3 Å². The number of imidazole rings is 1. The van der Waals surface area contributed by atoms with Crippen molar-refractivity contribution in [2.24, 2.45) is 5.10 Å². The summed E-state index contributed by atoms with van der Waals surface area (Å²) in [5.74, 6) is 0.118. The van der Waals surface area contributed by atoms with Crippen molar-refractivity contribution >= 4 is 29.1 Å². The zero-order valence-corrected chi connectivity index (χ0v) is 14.5. The molecule has 1 heterocycles. The number of nitrogens with one attached hydrogen (secondary N) is 1. The molecule has 132 valence electrons. The Kier molecular flexibility index (Phi) is 5.07. The molecule has 1 aromatic heterocycles. The highest BCUT2D eigenvalue weighted by atomic mass is 16.5. The highest BCUT2D eigenvalue weighted by molar-refractivity contribution is 5.91. The van der Waals surface area contributed by atoms with Crippen molar-refractivity contribution < 1.29 is 14.3 Å². The lowest BCUT2D eigenvalue weighted by Crippen LogP contribution is -2.23. The van der Waals surface area contributed by atoms with Crippen LogP contribution in [-0.2, 0) is 16.1 Å². The summed E-state index contributed by atoms with van der Waals surface area (Å²) >= 11 is 0. The van der Waals surface area contributed by atoms with Crippen molar-refractivity contribution in [2.75, 3.05) is 7.11 Å². The number of para-hydroxylation sites is 2. The summed E-state index contributed by atoms with van der Waals surface area (Å²) in [6, 6.07) is 14.4. The van der Waals surface area contributed by atoms with E-state index in [0.29, 0.717) is 5.56 Å². The third-order valence-electron chi connectivity index (χ3n) is 3.88. The van der Waals surface area contributed by atoms with Crippen molar-refractivity contribution in [2.45, 2.75) is 13.5 Å². The molecule has 0 unspecified atom stereocenters. The van der Waals surface area contributed by atoms with Crippen molar-refractivity contribution in [3.05, 3.63) is 65.5 Å². The number of hydrazone groups is 1. The van der Waals surface area contributed by atoms with E-state index in [1.165, 1.54) is 13.3 Å². The number of rotatable bonds is 5. The van der Waals surface area contributed by atoms with Crippen molar-refractivity contribution in [1.82, 2.24) is 15.0 Å². The molecule has 26 heavy (non-hydrogen) atoms. The van der Waals surface area contributed by atoms with E-state index in [1.807, 2.05) is 35.8 Å². The number of aromatic nitrogens is 2. The largest absolute Gasteiger partial charge is 0.465 e. The Balaban J connectivity index is 1.62. The minimum atomic E-state index is -0.398. The fourth-order valence-electron chi connectivity index (χ4n) is 2.58. The van der Waals surface area contributed by atoms with Crippen LogP contribution in [0.2, 0.25) is 0 Å². The van der Waals surface area contributed by atoms with Gasteiger partial charge >= 0.3 is 5.97 Å². The maximum absolute atomic E-state index is 12.1. The first-order valence-corrected chi connectivity index (χ1v) is 8.00. The molecule has 0 saturated heterocycles. The van der Waals surface area contributed by atoms with Crippen molar-refractivity contribution in [3.8, 4) is 0 Å². The summed E-state index contributed by atoms with van der Waals surface area (Å²) in [4.78, 5) is 28.0. The molecular formula is C19H18N4O3. The average Bonchev–Trinajstić information content (AvgIpc) is 2.97. The predicted octanol–water partition coefficient (Wildman–Crippen LogP) is 2.28. The van der Waals surface area contributed by atoms with E-state index >= 15 is 0 Å². The monoisotopic (exact) mass is 350 g/mol. The molecule has 0 spiro atoms. The second kappa shape index (κ2) is 7.60. The Bertz CT molecular complexity index is 974. The van der Waals surface area contributed by atoms with Crippen LogP contribution in [0.4, 0.5) is 0 Å². The smallest absolute Gasteiger partial charge is 0.337 e. The van der Waals surface area contributed by atoms with E-state index in [9.17, 15) is 9.59 Å². The summed E-state index contributed by atoms with van der Waals surface area (Å²) in [5, 5.41) is 3.95. The van der Waals surface area contributed by atoms with E-state index in [2.05, 4.69) is 20.2 Å². The van der Waals surface area contributed by atoms with Gasteiger partial charge in [0.05, 0.1) is 29.9 Å². The van der Waals surface area contributed by atoms with E-state index in [0.717, 1.165) is 22.4 Å². The molecule has 0 atom stereocenters. The van der Waals surface area contributed by atoms with Crippen molar-refractivity contribution in [3.63, 3.8) is 0 Å². The lowest BCUT2D eigenvalue weighted by Gasteiger charge is -2.05. The molecule has 7 heteroatoms. The van der Waals surface area contributed by atoms with Gasteiger partial charge in [-0.1, -0.05) is 24.3 Å². The zero-order valence-electron chi connectivity index (χ0n) is 14.5. The fourth-order valence-corrected chi connectivity index (χ4v) is 2.58.